The van der Waals surface area contributed by atoms with Gasteiger partial charge in [-0.1, -0.05) is 53.9 Å². The smallest absolute Gasteiger partial charge is 0.302 e. The lowest BCUT2D eigenvalue weighted by Gasteiger charge is -2.66. The van der Waals surface area contributed by atoms with E-state index in [0.29, 0.717) is 23.7 Å². The molecule has 0 saturated heterocycles. The third-order valence-electron chi connectivity index (χ3n) is 11.6. The number of carbonyl (C=O) groups is 1. The molecule has 0 amide bonds. The van der Waals surface area contributed by atoms with E-state index in [4.69, 9.17) is 9.47 Å². The first kappa shape index (κ1) is 26.5. The van der Waals surface area contributed by atoms with Gasteiger partial charge in [0, 0.05) is 25.9 Å². The van der Waals surface area contributed by atoms with Gasteiger partial charge in [0.15, 0.2) is 0 Å². The van der Waals surface area contributed by atoms with Crippen molar-refractivity contribution in [2.45, 2.75) is 130 Å². The fraction of sp³-hybridized carbons (Fsp3) is 0.967. The number of methoxy groups -OCH3 is 1. The number of aliphatic hydroxyl groups is 1. The van der Waals surface area contributed by atoms with Crippen LogP contribution in [0.4, 0.5) is 0 Å². The molecular formula is C30H52O4. The minimum absolute atomic E-state index is 0.171. The van der Waals surface area contributed by atoms with Crippen LogP contribution in [-0.2, 0) is 14.3 Å². The van der Waals surface area contributed by atoms with E-state index in [-0.39, 0.29) is 23.6 Å². The molecule has 0 spiro atoms. The van der Waals surface area contributed by atoms with Crippen molar-refractivity contribution in [2.75, 3.05) is 7.11 Å². The highest BCUT2D eigenvalue weighted by molar-refractivity contribution is 5.66. The van der Waals surface area contributed by atoms with Gasteiger partial charge in [0.2, 0.25) is 0 Å². The Hall–Kier alpha value is -0.610. The van der Waals surface area contributed by atoms with Crippen molar-refractivity contribution in [3.8, 4) is 0 Å². The molecule has 196 valence electrons. The standard InChI is InChI=1S/C30H52O4/c1-19(2)9-8-10-20(3)24-11-12-25-23-17-27(33-7)30(32)18-22(34-21(4)31)13-16-29(30,6)26(23)14-15-28(24,25)5/h19-20,22-27,32H,8-18H2,1-7H3/t20-,22?,23?,24?,25?,26?,27?,28?,29?,30+/m1/s1. The second-order valence-corrected chi connectivity index (χ2v) is 13.7. The number of hydrogen-bond acceptors (Lipinski definition) is 4. The molecule has 4 rings (SSSR count). The normalized spacial score (nSPS) is 47.0. The average Bonchev–Trinajstić information content (AvgIpc) is 3.11. The minimum atomic E-state index is -0.919. The van der Waals surface area contributed by atoms with E-state index in [1.54, 1.807) is 7.11 Å². The number of esters is 1. The first-order valence-corrected chi connectivity index (χ1v) is 14.4. The van der Waals surface area contributed by atoms with Crippen LogP contribution in [0.15, 0.2) is 0 Å². The number of ether oxygens (including phenoxy) is 2. The average molecular weight is 477 g/mol. The van der Waals surface area contributed by atoms with Gasteiger partial charge in [0.1, 0.15) is 6.10 Å². The maximum atomic E-state index is 12.2. The van der Waals surface area contributed by atoms with Crippen LogP contribution < -0.4 is 0 Å². The maximum absolute atomic E-state index is 12.2. The first-order valence-electron chi connectivity index (χ1n) is 14.4. The Morgan fingerprint density at radius 1 is 1.03 bits per heavy atom. The Morgan fingerprint density at radius 2 is 1.76 bits per heavy atom. The van der Waals surface area contributed by atoms with Gasteiger partial charge in [0.25, 0.3) is 0 Å². The minimum Gasteiger partial charge on any atom is -0.462 e. The summed E-state index contributed by atoms with van der Waals surface area (Å²) in [7, 11) is 1.77. The highest BCUT2D eigenvalue weighted by atomic mass is 16.5. The van der Waals surface area contributed by atoms with E-state index in [1.165, 1.54) is 51.9 Å². The van der Waals surface area contributed by atoms with Crippen LogP contribution in [0, 0.1) is 46.3 Å². The molecule has 1 N–H and O–H groups in total. The molecule has 0 bridgehead atoms. The van der Waals surface area contributed by atoms with Crippen LogP contribution in [0.25, 0.3) is 0 Å². The molecule has 4 fully saturated rings. The van der Waals surface area contributed by atoms with Gasteiger partial charge in [-0.05, 0) is 85.9 Å². The SMILES string of the molecule is COC1CC2C3CCC([C@H](C)CCCC(C)C)C3(C)CCC2C2(C)CCC(OC(C)=O)C[C@]12O. The topological polar surface area (TPSA) is 55.8 Å². The molecular weight excluding hydrogens is 424 g/mol. The fourth-order valence-corrected chi connectivity index (χ4v) is 9.87. The Kier molecular flexibility index (Phi) is 7.54. The van der Waals surface area contributed by atoms with E-state index >= 15 is 0 Å². The van der Waals surface area contributed by atoms with Crippen molar-refractivity contribution < 1.29 is 19.4 Å². The largest absolute Gasteiger partial charge is 0.462 e. The third kappa shape index (κ3) is 4.27. The molecule has 8 unspecified atom stereocenters. The Balaban J connectivity index is 1.54. The van der Waals surface area contributed by atoms with Gasteiger partial charge < -0.3 is 14.6 Å². The van der Waals surface area contributed by atoms with Crippen LogP contribution in [0.1, 0.15) is 112 Å². The van der Waals surface area contributed by atoms with Crippen molar-refractivity contribution in [1.29, 1.82) is 0 Å². The van der Waals surface area contributed by atoms with Crippen LogP contribution in [0.5, 0.6) is 0 Å². The van der Waals surface area contributed by atoms with Gasteiger partial charge >= 0.3 is 5.97 Å². The van der Waals surface area contributed by atoms with Gasteiger partial charge in [-0.2, -0.15) is 0 Å². The summed E-state index contributed by atoms with van der Waals surface area (Å²) in [6.07, 6.45) is 12.2. The van der Waals surface area contributed by atoms with Gasteiger partial charge in [-0.15, -0.1) is 0 Å². The Bertz CT molecular complexity index is 735. The second-order valence-electron chi connectivity index (χ2n) is 13.7. The lowest BCUT2D eigenvalue weighted by Crippen LogP contribution is -2.69. The molecule has 10 atom stereocenters. The monoisotopic (exact) mass is 476 g/mol. The summed E-state index contributed by atoms with van der Waals surface area (Å²) < 4.78 is 11.7. The zero-order valence-corrected chi connectivity index (χ0v) is 23.1. The van der Waals surface area contributed by atoms with Crippen LogP contribution in [0.3, 0.4) is 0 Å². The predicted octanol–water partition coefficient (Wildman–Crippen LogP) is 6.78. The van der Waals surface area contributed by atoms with Crippen LogP contribution in [0.2, 0.25) is 0 Å². The second kappa shape index (κ2) is 9.69. The molecule has 4 aliphatic carbocycles. The Morgan fingerprint density at radius 3 is 2.41 bits per heavy atom. The summed E-state index contributed by atoms with van der Waals surface area (Å²) in [6, 6.07) is 0. The zero-order valence-electron chi connectivity index (χ0n) is 23.1. The number of fused-ring (bicyclic) bond motifs is 5. The van der Waals surface area contributed by atoms with Crippen molar-refractivity contribution in [3.63, 3.8) is 0 Å². The molecule has 34 heavy (non-hydrogen) atoms. The first-order chi connectivity index (χ1) is 16.0. The van der Waals surface area contributed by atoms with Gasteiger partial charge in [-0.25, -0.2) is 0 Å². The van der Waals surface area contributed by atoms with Gasteiger partial charge in [-0.3, -0.25) is 4.79 Å². The summed E-state index contributed by atoms with van der Waals surface area (Å²) in [5, 5.41) is 12.2. The summed E-state index contributed by atoms with van der Waals surface area (Å²) in [4.78, 5) is 11.6. The molecule has 4 heteroatoms. The molecule has 4 saturated carbocycles. The molecule has 0 aliphatic heterocycles. The van der Waals surface area contributed by atoms with Crippen LogP contribution in [-0.4, -0.2) is 36.0 Å². The molecule has 0 aromatic carbocycles. The van der Waals surface area contributed by atoms with Gasteiger partial charge in [0.05, 0.1) is 11.7 Å². The van der Waals surface area contributed by atoms with E-state index in [9.17, 15) is 9.90 Å². The van der Waals surface area contributed by atoms with Crippen molar-refractivity contribution in [2.24, 2.45) is 46.3 Å². The van der Waals surface area contributed by atoms with Crippen LogP contribution >= 0.6 is 0 Å². The fourth-order valence-electron chi connectivity index (χ4n) is 9.87. The summed E-state index contributed by atoms with van der Waals surface area (Å²) in [5.74, 6) is 4.11. The number of carbonyl (C=O) groups excluding carboxylic acids is 1. The summed E-state index contributed by atoms with van der Waals surface area (Å²) in [6.45, 7) is 13.6. The molecule has 0 heterocycles. The van der Waals surface area contributed by atoms with E-state index in [1.807, 2.05) is 0 Å². The van der Waals surface area contributed by atoms with Crippen molar-refractivity contribution in [1.82, 2.24) is 0 Å². The van der Waals surface area contributed by atoms with Crippen molar-refractivity contribution in [3.05, 3.63) is 0 Å². The molecule has 4 nitrogen and oxygen atoms in total. The van der Waals surface area contributed by atoms with E-state index in [2.05, 4.69) is 34.6 Å². The number of hydrogen-bond donors (Lipinski definition) is 1. The predicted molar refractivity (Wildman–Crippen MR) is 136 cm³/mol. The lowest BCUT2D eigenvalue weighted by molar-refractivity contribution is -0.271. The highest BCUT2D eigenvalue weighted by Crippen LogP contribution is 2.69. The van der Waals surface area contributed by atoms with E-state index < -0.39 is 5.60 Å². The molecule has 0 radical (unpaired) electrons. The summed E-state index contributed by atoms with van der Waals surface area (Å²) in [5.41, 5.74) is -0.663. The van der Waals surface area contributed by atoms with E-state index in [0.717, 1.165) is 42.9 Å². The quantitative estimate of drug-likeness (QED) is 0.412. The highest BCUT2D eigenvalue weighted by Gasteiger charge is 2.68. The Labute approximate surface area is 208 Å². The summed E-state index contributed by atoms with van der Waals surface area (Å²) >= 11 is 0. The lowest BCUT2D eigenvalue weighted by atomic mass is 9.42. The zero-order chi connectivity index (χ0) is 24.9. The molecule has 4 aliphatic rings. The maximum Gasteiger partial charge on any atom is 0.302 e. The third-order valence-corrected chi connectivity index (χ3v) is 11.6. The van der Waals surface area contributed by atoms with Crippen molar-refractivity contribution >= 4 is 5.97 Å². The molecule has 0 aromatic heterocycles. The molecule has 0 aromatic rings. The number of rotatable bonds is 7.